The first-order chi connectivity index (χ1) is 7.75. The number of hydrogen-bond acceptors (Lipinski definition) is 5. The standard InChI is InChI=1S/C8H11NO8.Na.H/c10-4(11)2-1-3(6(12)13)9-5(7(14)15)8(16)17;;/h3,5,9H,1-2H2,(H,10,11)(H,12,13)(H,14,15)(H,16,17);;. The Bertz CT molecular complexity index is 330. The summed E-state index contributed by atoms with van der Waals surface area (Å²) >= 11 is 0. The Morgan fingerprint density at radius 2 is 1.33 bits per heavy atom. The van der Waals surface area contributed by atoms with Crippen LogP contribution in [0.5, 0.6) is 0 Å². The number of carboxylic acid groups (broad SMARTS) is 4. The number of carboxylic acids is 4. The topological polar surface area (TPSA) is 161 Å². The first kappa shape index (κ1) is 19.2. The van der Waals surface area contributed by atoms with Gasteiger partial charge in [0.2, 0.25) is 6.04 Å². The van der Waals surface area contributed by atoms with Gasteiger partial charge in [-0.2, -0.15) is 0 Å². The van der Waals surface area contributed by atoms with Crippen molar-refractivity contribution in [3.8, 4) is 0 Å². The second-order valence-corrected chi connectivity index (χ2v) is 3.10. The summed E-state index contributed by atoms with van der Waals surface area (Å²) < 4.78 is 0. The molecule has 9 nitrogen and oxygen atoms in total. The Morgan fingerprint density at radius 3 is 1.61 bits per heavy atom. The van der Waals surface area contributed by atoms with E-state index in [0.29, 0.717) is 0 Å². The molecule has 0 aliphatic carbocycles. The van der Waals surface area contributed by atoms with Crippen molar-refractivity contribution in [1.82, 2.24) is 5.32 Å². The van der Waals surface area contributed by atoms with Gasteiger partial charge in [0.15, 0.2) is 0 Å². The minimum atomic E-state index is -2.09. The third kappa shape index (κ3) is 7.22. The number of aliphatic carboxylic acids is 4. The summed E-state index contributed by atoms with van der Waals surface area (Å²) in [5.74, 6) is -6.28. The second kappa shape index (κ2) is 8.86. The molecule has 0 rings (SSSR count). The zero-order valence-electron chi connectivity index (χ0n) is 8.49. The van der Waals surface area contributed by atoms with Crippen molar-refractivity contribution in [3.63, 3.8) is 0 Å². The number of rotatable bonds is 8. The van der Waals surface area contributed by atoms with Gasteiger partial charge in [0.05, 0.1) is 0 Å². The van der Waals surface area contributed by atoms with Gasteiger partial charge in [-0.1, -0.05) is 0 Å². The number of nitrogens with one attached hydrogen (secondary N) is 1. The van der Waals surface area contributed by atoms with Crippen molar-refractivity contribution in [3.05, 3.63) is 0 Å². The molecule has 0 aromatic heterocycles. The Labute approximate surface area is 123 Å². The van der Waals surface area contributed by atoms with Crippen LogP contribution in [-0.2, 0) is 19.2 Å². The van der Waals surface area contributed by atoms with E-state index in [1.807, 2.05) is 5.32 Å². The molecule has 5 N–H and O–H groups in total. The van der Waals surface area contributed by atoms with Gasteiger partial charge < -0.3 is 20.4 Å². The van der Waals surface area contributed by atoms with Crippen LogP contribution < -0.4 is 5.32 Å². The molecule has 0 fully saturated rings. The molecule has 0 aliphatic heterocycles. The van der Waals surface area contributed by atoms with Crippen LogP contribution in [0.15, 0.2) is 0 Å². The molecular formula is C8H12NNaO8. The van der Waals surface area contributed by atoms with Crippen LogP contribution in [0.25, 0.3) is 0 Å². The molecular weight excluding hydrogens is 261 g/mol. The fourth-order valence-electron chi connectivity index (χ4n) is 0.995. The van der Waals surface area contributed by atoms with Gasteiger partial charge in [-0.15, -0.1) is 0 Å². The molecule has 0 spiro atoms. The molecule has 0 saturated heterocycles. The van der Waals surface area contributed by atoms with Crippen molar-refractivity contribution in [2.24, 2.45) is 0 Å². The van der Waals surface area contributed by atoms with E-state index in [1.54, 1.807) is 0 Å². The Morgan fingerprint density at radius 1 is 0.889 bits per heavy atom. The van der Waals surface area contributed by atoms with Crippen LogP contribution in [0, 0.1) is 0 Å². The Balaban J connectivity index is 0. The summed E-state index contributed by atoms with van der Waals surface area (Å²) in [5, 5.41) is 35.8. The molecule has 0 saturated carbocycles. The van der Waals surface area contributed by atoms with Crippen molar-refractivity contribution in [2.75, 3.05) is 0 Å². The molecule has 0 heterocycles. The van der Waals surface area contributed by atoms with Crippen LogP contribution in [0.4, 0.5) is 0 Å². The number of hydrogen-bond donors (Lipinski definition) is 5. The zero-order valence-corrected chi connectivity index (χ0v) is 8.49. The van der Waals surface area contributed by atoms with Crippen molar-refractivity contribution in [1.29, 1.82) is 0 Å². The fraction of sp³-hybridized carbons (Fsp3) is 0.500. The fourth-order valence-corrected chi connectivity index (χ4v) is 0.995. The van der Waals surface area contributed by atoms with Crippen LogP contribution >= 0.6 is 0 Å². The quantitative estimate of drug-likeness (QED) is 0.243. The van der Waals surface area contributed by atoms with Gasteiger partial charge in [0.1, 0.15) is 6.04 Å². The molecule has 0 aromatic carbocycles. The molecule has 98 valence electrons. The van der Waals surface area contributed by atoms with Gasteiger partial charge in [-0.05, 0) is 6.42 Å². The van der Waals surface area contributed by atoms with E-state index in [2.05, 4.69) is 0 Å². The summed E-state index contributed by atoms with van der Waals surface area (Å²) in [5.41, 5.74) is 0. The summed E-state index contributed by atoms with van der Waals surface area (Å²) in [6.07, 6.45) is -0.933. The van der Waals surface area contributed by atoms with Crippen LogP contribution in [0.3, 0.4) is 0 Å². The van der Waals surface area contributed by atoms with E-state index >= 15 is 0 Å². The van der Waals surface area contributed by atoms with E-state index in [-0.39, 0.29) is 29.6 Å². The average Bonchev–Trinajstić information content (AvgIpc) is 2.15. The van der Waals surface area contributed by atoms with Crippen LogP contribution in [0.1, 0.15) is 12.8 Å². The normalized spacial score (nSPS) is 11.4. The van der Waals surface area contributed by atoms with Crippen LogP contribution in [-0.4, -0.2) is 85.9 Å². The monoisotopic (exact) mass is 273 g/mol. The van der Waals surface area contributed by atoms with Gasteiger partial charge in [-0.3, -0.25) is 14.9 Å². The summed E-state index contributed by atoms with van der Waals surface area (Å²) in [4.78, 5) is 41.8. The first-order valence-electron chi connectivity index (χ1n) is 4.42. The van der Waals surface area contributed by atoms with Crippen molar-refractivity contribution < 1.29 is 39.6 Å². The SMILES string of the molecule is O=C(O)CCC(NC(C(=O)O)C(=O)O)C(=O)O.[NaH]. The third-order valence-electron chi connectivity index (χ3n) is 1.81. The third-order valence-corrected chi connectivity index (χ3v) is 1.81. The van der Waals surface area contributed by atoms with Gasteiger partial charge in [0.25, 0.3) is 0 Å². The summed E-state index contributed by atoms with van der Waals surface area (Å²) in [6.45, 7) is 0. The predicted octanol–water partition coefficient (Wildman–Crippen LogP) is -2.22. The Hall–Kier alpha value is -1.16. The molecule has 1 atom stereocenters. The summed E-state index contributed by atoms with van der Waals surface area (Å²) in [7, 11) is 0. The molecule has 0 amide bonds. The van der Waals surface area contributed by atoms with Gasteiger partial charge >= 0.3 is 53.4 Å². The van der Waals surface area contributed by atoms with E-state index < -0.39 is 48.8 Å². The van der Waals surface area contributed by atoms with E-state index in [4.69, 9.17) is 20.4 Å². The molecule has 0 aromatic rings. The van der Waals surface area contributed by atoms with E-state index in [0.717, 1.165) is 0 Å². The maximum atomic E-state index is 10.7. The first-order valence-corrected chi connectivity index (χ1v) is 4.42. The van der Waals surface area contributed by atoms with Gasteiger partial charge in [-0.25, -0.2) is 9.59 Å². The molecule has 18 heavy (non-hydrogen) atoms. The molecule has 0 bridgehead atoms. The van der Waals surface area contributed by atoms with E-state index in [1.165, 1.54) is 0 Å². The van der Waals surface area contributed by atoms with E-state index in [9.17, 15) is 19.2 Å². The van der Waals surface area contributed by atoms with Crippen molar-refractivity contribution >= 4 is 53.4 Å². The minimum absolute atomic E-state index is 0. The maximum absolute atomic E-state index is 10.7. The van der Waals surface area contributed by atoms with Crippen molar-refractivity contribution in [2.45, 2.75) is 24.9 Å². The summed E-state index contributed by atoms with van der Waals surface area (Å²) in [6, 6.07) is -3.65. The molecule has 10 heteroatoms. The molecule has 0 radical (unpaired) electrons. The molecule has 0 aliphatic rings. The number of carbonyl (C=O) groups is 4. The zero-order chi connectivity index (χ0) is 13.6. The average molecular weight is 273 g/mol. The van der Waals surface area contributed by atoms with Gasteiger partial charge in [0, 0.05) is 6.42 Å². The van der Waals surface area contributed by atoms with Crippen LogP contribution in [0.2, 0.25) is 0 Å². The Kier molecular flexibility index (Phi) is 9.45. The second-order valence-electron chi connectivity index (χ2n) is 3.10. The predicted molar refractivity (Wildman–Crippen MR) is 57.6 cm³/mol. The molecule has 1 unspecified atom stereocenters.